The van der Waals surface area contributed by atoms with Crippen molar-refractivity contribution in [3.05, 3.63) is 0 Å². The molecule has 0 aromatic rings. The molecule has 1 amide bonds. The van der Waals surface area contributed by atoms with Crippen molar-refractivity contribution in [2.24, 2.45) is 17.8 Å². The Bertz CT molecular complexity index is 330. The summed E-state index contributed by atoms with van der Waals surface area (Å²) in [6.07, 6.45) is 2.53. The first kappa shape index (κ1) is 17.0. The third kappa shape index (κ3) is 5.49. The Kier molecular flexibility index (Phi) is 6.99. The maximum absolute atomic E-state index is 12.2. The molecule has 0 aromatic carbocycles. The van der Waals surface area contributed by atoms with Crippen LogP contribution in [0.3, 0.4) is 0 Å². The Labute approximate surface area is 121 Å². The minimum atomic E-state index is -0.805. The fourth-order valence-electron chi connectivity index (χ4n) is 2.88. The molecule has 20 heavy (non-hydrogen) atoms. The molecule has 1 rings (SSSR count). The van der Waals surface area contributed by atoms with Crippen molar-refractivity contribution >= 4 is 11.9 Å². The van der Waals surface area contributed by atoms with E-state index in [0.717, 1.165) is 19.3 Å². The highest BCUT2D eigenvalue weighted by molar-refractivity contribution is 5.79. The van der Waals surface area contributed by atoms with Gasteiger partial charge in [-0.05, 0) is 31.1 Å². The van der Waals surface area contributed by atoms with Gasteiger partial charge in [0.1, 0.15) is 0 Å². The molecule has 1 aliphatic rings. The number of nitrogens with one attached hydrogen (secondary N) is 1. The van der Waals surface area contributed by atoms with Crippen molar-refractivity contribution in [2.45, 2.75) is 52.6 Å². The fourth-order valence-corrected chi connectivity index (χ4v) is 2.88. The third-order valence-corrected chi connectivity index (χ3v) is 3.78. The van der Waals surface area contributed by atoms with E-state index in [0.29, 0.717) is 19.1 Å². The summed E-state index contributed by atoms with van der Waals surface area (Å²) in [7, 11) is 0. The van der Waals surface area contributed by atoms with E-state index in [1.807, 2.05) is 6.92 Å². The van der Waals surface area contributed by atoms with Crippen LogP contribution < -0.4 is 5.32 Å². The predicted molar refractivity (Wildman–Crippen MR) is 76.3 cm³/mol. The molecule has 0 radical (unpaired) electrons. The van der Waals surface area contributed by atoms with Crippen LogP contribution in [0.15, 0.2) is 0 Å². The highest BCUT2D eigenvalue weighted by atomic mass is 16.5. The number of hydrogen-bond acceptors (Lipinski definition) is 3. The molecule has 0 spiro atoms. The molecule has 1 aliphatic heterocycles. The van der Waals surface area contributed by atoms with Gasteiger partial charge in [-0.3, -0.25) is 9.59 Å². The van der Waals surface area contributed by atoms with Gasteiger partial charge in [0.15, 0.2) is 0 Å². The van der Waals surface area contributed by atoms with E-state index in [2.05, 4.69) is 19.2 Å². The van der Waals surface area contributed by atoms with Gasteiger partial charge in [-0.1, -0.05) is 20.8 Å². The molecule has 116 valence electrons. The van der Waals surface area contributed by atoms with Crippen LogP contribution in [-0.4, -0.2) is 36.2 Å². The smallest absolute Gasteiger partial charge is 0.303 e. The first-order chi connectivity index (χ1) is 9.43. The maximum Gasteiger partial charge on any atom is 0.303 e. The maximum atomic E-state index is 12.2. The second-order valence-electron chi connectivity index (χ2n) is 6.05. The normalized spacial score (nSPS) is 23.8. The highest BCUT2D eigenvalue weighted by Gasteiger charge is 2.32. The van der Waals surface area contributed by atoms with Gasteiger partial charge in [-0.2, -0.15) is 0 Å². The predicted octanol–water partition coefficient (Wildman–Crippen LogP) is 2.05. The molecule has 0 saturated carbocycles. The summed E-state index contributed by atoms with van der Waals surface area (Å²) in [4.78, 5) is 23.0. The lowest BCUT2D eigenvalue weighted by atomic mass is 9.93. The number of hydrogen-bond donors (Lipinski definition) is 2. The van der Waals surface area contributed by atoms with Crippen LogP contribution in [0, 0.1) is 17.8 Å². The van der Waals surface area contributed by atoms with E-state index in [-0.39, 0.29) is 30.3 Å². The highest BCUT2D eigenvalue weighted by Crippen LogP contribution is 2.23. The Balaban J connectivity index is 2.45. The van der Waals surface area contributed by atoms with E-state index in [4.69, 9.17) is 9.84 Å². The Hall–Kier alpha value is -1.10. The summed E-state index contributed by atoms with van der Waals surface area (Å²) < 4.78 is 5.52. The van der Waals surface area contributed by atoms with E-state index in [1.54, 1.807) is 0 Å². The van der Waals surface area contributed by atoms with Crippen molar-refractivity contribution in [3.8, 4) is 0 Å². The summed E-state index contributed by atoms with van der Waals surface area (Å²) in [5, 5.41) is 11.8. The molecule has 2 N–H and O–H groups in total. The summed E-state index contributed by atoms with van der Waals surface area (Å²) in [5.41, 5.74) is 0. The first-order valence-corrected chi connectivity index (χ1v) is 7.55. The molecule has 1 fully saturated rings. The number of amides is 1. The zero-order chi connectivity index (χ0) is 15.1. The average molecular weight is 285 g/mol. The lowest BCUT2D eigenvalue weighted by Crippen LogP contribution is -2.38. The summed E-state index contributed by atoms with van der Waals surface area (Å²) >= 11 is 0. The fraction of sp³-hybridized carbons (Fsp3) is 0.867. The third-order valence-electron chi connectivity index (χ3n) is 3.78. The van der Waals surface area contributed by atoms with Gasteiger partial charge in [0, 0.05) is 19.6 Å². The van der Waals surface area contributed by atoms with E-state index >= 15 is 0 Å². The molecule has 0 bridgehead atoms. The van der Waals surface area contributed by atoms with Crippen molar-refractivity contribution in [1.82, 2.24) is 5.32 Å². The van der Waals surface area contributed by atoms with E-state index < -0.39 is 5.97 Å². The average Bonchev–Trinajstić information content (AvgIpc) is 2.82. The molecule has 0 aliphatic carbocycles. The monoisotopic (exact) mass is 285 g/mol. The van der Waals surface area contributed by atoms with Gasteiger partial charge in [0.05, 0.1) is 12.0 Å². The molecule has 3 unspecified atom stereocenters. The van der Waals surface area contributed by atoms with Crippen LogP contribution in [0.1, 0.15) is 46.5 Å². The van der Waals surface area contributed by atoms with Gasteiger partial charge in [-0.25, -0.2) is 0 Å². The molecule has 5 nitrogen and oxygen atoms in total. The van der Waals surface area contributed by atoms with Gasteiger partial charge >= 0.3 is 5.97 Å². The zero-order valence-corrected chi connectivity index (χ0v) is 12.7. The summed E-state index contributed by atoms with van der Waals surface area (Å²) in [5.74, 6) is -0.452. The molecule has 0 aromatic heterocycles. The van der Waals surface area contributed by atoms with Crippen molar-refractivity contribution in [1.29, 1.82) is 0 Å². The molecule has 3 atom stereocenters. The minimum Gasteiger partial charge on any atom is -0.481 e. The standard InChI is InChI=1S/C15H27NO4/c1-4-13-12(5-6-20-13)15(19)16-9-11(7-10(2)3)8-14(17)18/h10-13H,4-9H2,1-3H3,(H,16,19)(H,17,18). The number of carbonyl (C=O) groups excluding carboxylic acids is 1. The van der Waals surface area contributed by atoms with Gasteiger partial charge < -0.3 is 15.2 Å². The van der Waals surface area contributed by atoms with Crippen molar-refractivity contribution in [3.63, 3.8) is 0 Å². The van der Waals surface area contributed by atoms with Crippen LogP contribution in [-0.2, 0) is 14.3 Å². The van der Waals surface area contributed by atoms with E-state index in [9.17, 15) is 9.59 Å². The largest absolute Gasteiger partial charge is 0.481 e. The molecule has 5 heteroatoms. The number of rotatable bonds is 8. The van der Waals surface area contributed by atoms with Gasteiger partial charge in [0.25, 0.3) is 0 Å². The number of ether oxygens (including phenoxy) is 1. The van der Waals surface area contributed by atoms with Crippen molar-refractivity contribution < 1.29 is 19.4 Å². The minimum absolute atomic E-state index is 0.00107. The number of carboxylic acids is 1. The SMILES string of the molecule is CCC1OCCC1C(=O)NCC(CC(=O)O)CC(C)C. The van der Waals surface area contributed by atoms with Crippen LogP contribution >= 0.6 is 0 Å². The van der Waals surface area contributed by atoms with Gasteiger partial charge in [-0.15, -0.1) is 0 Å². The van der Waals surface area contributed by atoms with Crippen LogP contribution in [0.25, 0.3) is 0 Å². The molecular weight excluding hydrogens is 258 g/mol. The number of carboxylic acid groups (broad SMARTS) is 1. The summed E-state index contributed by atoms with van der Waals surface area (Å²) in [6, 6.07) is 0. The lowest BCUT2D eigenvalue weighted by Gasteiger charge is -2.21. The second-order valence-corrected chi connectivity index (χ2v) is 6.05. The Morgan fingerprint density at radius 2 is 2.10 bits per heavy atom. The van der Waals surface area contributed by atoms with Crippen molar-refractivity contribution in [2.75, 3.05) is 13.2 Å². The quantitative estimate of drug-likeness (QED) is 0.715. The summed E-state index contributed by atoms with van der Waals surface area (Å²) in [6.45, 7) is 7.23. The molecular formula is C15H27NO4. The van der Waals surface area contributed by atoms with Crippen LogP contribution in [0.5, 0.6) is 0 Å². The topological polar surface area (TPSA) is 75.6 Å². The number of aliphatic carboxylic acids is 1. The van der Waals surface area contributed by atoms with Crippen LogP contribution in [0.2, 0.25) is 0 Å². The van der Waals surface area contributed by atoms with E-state index in [1.165, 1.54) is 0 Å². The lowest BCUT2D eigenvalue weighted by molar-refractivity contribution is -0.138. The Morgan fingerprint density at radius 1 is 1.40 bits per heavy atom. The second kappa shape index (κ2) is 8.25. The Morgan fingerprint density at radius 3 is 2.65 bits per heavy atom. The van der Waals surface area contributed by atoms with Gasteiger partial charge in [0.2, 0.25) is 5.91 Å². The van der Waals surface area contributed by atoms with Crippen LogP contribution in [0.4, 0.5) is 0 Å². The first-order valence-electron chi connectivity index (χ1n) is 7.55. The molecule has 1 heterocycles. The molecule has 1 saturated heterocycles. The zero-order valence-electron chi connectivity index (χ0n) is 12.7. The number of carbonyl (C=O) groups is 2.